The van der Waals surface area contributed by atoms with Crippen molar-refractivity contribution in [3.05, 3.63) is 138 Å². The van der Waals surface area contributed by atoms with Crippen LogP contribution in [0, 0.1) is 0 Å². The summed E-state index contributed by atoms with van der Waals surface area (Å²) in [5, 5.41) is 13.2. The van der Waals surface area contributed by atoms with Crippen LogP contribution in [-0.4, -0.2) is 22.0 Å². The highest BCUT2D eigenvalue weighted by molar-refractivity contribution is 5.82. The molecule has 0 saturated heterocycles. The number of anilines is 1. The number of hydrogen-bond acceptors (Lipinski definition) is 5. The van der Waals surface area contributed by atoms with Crippen molar-refractivity contribution in [3.63, 3.8) is 0 Å². The SMILES string of the molecule is O=C1C(Cc2ccc(OCc3ccccc3)cc2)Nc2c(Cc3ccccc3)nc(-c3ccc(O)cc3)c[n+]21. The maximum atomic E-state index is 13.6. The third-order valence-electron chi connectivity index (χ3n) is 6.86. The molecule has 0 spiro atoms. The number of hydrogen-bond donors (Lipinski definition) is 2. The van der Waals surface area contributed by atoms with Crippen molar-refractivity contribution in [3.8, 4) is 22.8 Å². The summed E-state index contributed by atoms with van der Waals surface area (Å²) in [6.45, 7) is 0.509. The smallest absolute Gasteiger partial charge is 0.359 e. The summed E-state index contributed by atoms with van der Waals surface area (Å²) in [6.07, 6.45) is 2.91. The molecule has 0 saturated carbocycles. The van der Waals surface area contributed by atoms with Crippen LogP contribution in [0.2, 0.25) is 0 Å². The van der Waals surface area contributed by atoms with Crippen molar-refractivity contribution in [2.24, 2.45) is 0 Å². The van der Waals surface area contributed by atoms with Crippen LogP contribution in [0.15, 0.2) is 115 Å². The number of carbonyl (C=O) groups is 1. The molecule has 0 bridgehead atoms. The van der Waals surface area contributed by atoms with Gasteiger partial charge in [-0.2, -0.15) is 4.57 Å². The maximum Gasteiger partial charge on any atom is 0.359 e. The molecule has 0 radical (unpaired) electrons. The number of nitrogens with one attached hydrogen (secondary N) is 1. The summed E-state index contributed by atoms with van der Waals surface area (Å²) in [7, 11) is 0. The normalized spacial score (nSPS) is 14.1. The fourth-order valence-electron chi connectivity index (χ4n) is 4.79. The van der Waals surface area contributed by atoms with Crippen LogP contribution in [0.1, 0.15) is 27.2 Å². The Morgan fingerprint density at radius 2 is 1.46 bits per heavy atom. The van der Waals surface area contributed by atoms with E-state index in [2.05, 4.69) is 17.4 Å². The van der Waals surface area contributed by atoms with Crippen molar-refractivity contribution in [1.82, 2.24) is 4.98 Å². The van der Waals surface area contributed by atoms with Crippen molar-refractivity contribution in [2.75, 3.05) is 5.32 Å². The van der Waals surface area contributed by atoms with Gasteiger partial charge in [-0.1, -0.05) is 72.8 Å². The van der Waals surface area contributed by atoms with Gasteiger partial charge in [-0.3, -0.25) is 5.32 Å². The number of aromatic hydroxyl groups is 1. The molecule has 1 aliphatic rings. The maximum absolute atomic E-state index is 13.6. The predicted octanol–water partition coefficient (Wildman–Crippen LogP) is 5.59. The Balaban J connectivity index is 1.23. The topological polar surface area (TPSA) is 75.3 Å². The lowest BCUT2D eigenvalue weighted by atomic mass is 10.1. The molecule has 6 nitrogen and oxygen atoms in total. The first-order valence-corrected chi connectivity index (χ1v) is 13.0. The van der Waals surface area contributed by atoms with E-state index >= 15 is 0 Å². The second-order valence-corrected chi connectivity index (χ2v) is 9.66. The molecule has 5 aromatic rings. The monoisotopic (exact) mass is 514 g/mol. The number of rotatable bonds is 8. The summed E-state index contributed by atoms with van der Waals surface area (Å²) >= 11 is 0. The highest BCUT2D eigenvalue weighted by Gasteiger charge is 2.41. The fraction of sp³-hybridized carbons (Fsp3) is 0.121. The fourth-order valence-corrected chi connectivity index (χ4v) is 4.79. The first-order chi connectivity index (χ1) is 19.1. The van der Waals surface area contributed by atoms with E-state index in [9.17, 15) is 9.90 Å². The van der Waals surface area contributed by atoms with E-state index < -0.39 is 6.04 Å². The van der Waals surface area contributed by atoms with Gasteiger partial charge in [-0.15, -0.1) is 0 Å². The zero-order chi connectivity index (χ0) is 26.6. The number of phenols is 1. The molecule has 6 heteroatoms. The molecular weight excluding hydrogens is 486 g/mol. The largest absolute Gasteiger partial charge is 0.508 e. The molecule has 1 unspecified atom stereocenters. The van der Waals surface area contributed by atoms with Crippen molar-refractivity contribution < 1.29 is 19.2 Å². The lowest BCUT2D eigenvalue weighted by molar-refractivity contribution is -0.552. The van der Waals surface area contributed by atoms with Gasteiger partial charge in [-0.25, -0.2) is 9.78 Å². The van der Waals surface area contributed by atoms with Crippen LogP contribution in [-0.2, 0) is 19.4 Å². The third kappa shape index (κ3) is 5.50. The molecule has 2 heterocycles. The van der Waals surface area contributed by atoms with Crippen LogP contribution in [0.3, 0.4) is 0 Å². The van der Waals surface area contributed by atoms with Crippen LogP contribution >= 0.6 is 0 Å². The second kappa shape index (κ2) is 10.8. The van der Waals surface area contributed by atoms with Crippen molar-refractivity contribution >= 4 is 11.7 Å². The Kier molecular flexibility index (Phi) is 6.75. The summed E-state index contributed by atoms with van der Waals surface area (Å²) in [4.78, 5) is 18.5. The van der Waals surface area contributed by atoms with Gasteiger partial charge in [0.15, 0.2) is 6.04 Å². The summed E-state index contributed by atoms with van der Waals surface area (Å²) in [5.74, 6) is 1.68. The number of aromatic nitrogens is 2. The Bertz CT molecular complexity index is 1590. The Labute approximate surface area is 227 Å². The van der Waals surface area contributed by atoms with Gasteiger partial charge in [-0.05, 0) is 53.1 Å². The molecule has 0 amide bonds. The Hall–Kier alpha value is -4.97. The van der Waals surface area contributed by atoms with Gasteiger partial charge < -0.3 is 9.84 Å². The van der Waals surface area contributed by atoms with Crippen LogP contribution in [0.4, 0.5) is 5.82 Å². The lowest BCUT2D eigenvalue weighted by Crippen LogP contribution is -2.44. The first kappa shape index (κ1) is 24.4. The molecule has 4 aromatic carbocycles. The molecule has 1 aliphatic heterocycles. The van der Waals surface area contributed by atoms with Crippen molar-refractivity contribution in [2.45, 2.75) is 25.5 Å². The molecule has 1 atom stereocenters. The van der Waals surface area contributed by atoms with Gasteiger partial charge in [0, 0.05) is 18.4 Å². The minimum absolute atomic E-state index is 0.0221. The quantitative estimate of drug-likeness (QED) is 0.264. The molecule has 39 heavy (non-hydrogen) atoms. The van der Waals surface area contributed by atoms with E-state index in [1.54, 1.807) is 22.9 Å². The van der Waals surface area contributed by atoms with Crippen LogP contribution < -0.4 is 14.6 Å². The Morgan fingerprint density at radius 3 is 2.15 bits per heavy atom. The Morgan fingerprint density at radius 1 is 0.795 bits per heavy atom. The van der Waals surface area contributed by atoms with E-state index in [0.29, 0.717) is 25.1 Å². The van der Waals surface area contributed by atoms with E-state index in [1.807, 2.05) is 84.9 Å². The van der Waals surface area contributed by atoms with Crippen LogP contribution in [0.5, 0.6) is 11.5 Å². The van der Waals surface area contributed by atoms with Gasteiger partial charge in [0.05, 0.1) is 0 Å². The second-order valence-electron chi connectivity index (χ2n) is 9.66. The highest BCUT2D eigenvalue weighted by Crippen LogP contribution is 2.26. The third-order valence-corrected chi connectivity index (χ3v) is 6.86. The van der Waals surface area contributed by atoms with E-state index in [0.717, 1.165) is 39.5 Å². The first-order valence-electron chi connectivity index (χ1n) is 13.0. The molecule has 0 aliphatic carbocycles. The van der Waals surface area contributed by atoms with E-state index in [-0.39, 0.29) is 11.7 Å². The number of carbonyl (C=O) groups excluding carboxylic acids is 1. The zero-order valence-corrected chi connectivity index (χ0v) is 21.3. The zero-order valence-electron chi connectivity index (χ0n) is 21.3. The number of benzene rings is 4. The minimum atomic E-state index is -0.410. The highest BCUT2D eigenvalue weighted by atomic mass is 16.5. The number of phenolic OH excluding ortho intramolecular Hbond substituents is 1. The van der Waals surface area contributed by atoms with Crippen LogP contribution in [0.25, 0.3) is 11.3 Å². The molecule has 2 N–H and O–H groups in total. The summed E-state index contributed by atoms with van der Waals surface area (Å²) in [5.41, 5.74) is 5.58. The number of fused-ring (bicyclic) bond motifs is 1. The average Bonchev–Trinajstić information content (AvgIpc) is 3.29. The summed E-state index contributed by atoms with van der Waals surface area (Å²) < 4.78 is 7.60. The molecular formula is C33H28N3O3+. The van der Waals surface area contributed by atoms with Crippen molar-refractivity contribution in [1.29, 1.82) is 0 Å². The molecule has 192 valence electrons. The lowest BCUT2D eigenvalue weighted by Gasteiger charge is -2.08. The predicted molar refractivity (Wildman–Crippen MR) is 150 cm³/mol. The molecule has 6 rings (SSSR count). The molecule has 1 aromatic heterocycles. The van der Waals surface area contributed by atoms with E-state index in [1.165, 1.54) is 0 Å². The minimum Gasteiger partial charge on any atom is -0.508 e. The summed E-state index contributed by atoms with van der Waals surface area (Å²) in [6, 6.07) is 34.5. The van der Waals surface area contributed by atoms with E-state index in [4.69, 9.17) is 9.72 Å². The standard InChI is InChI=1S/C33H27N3O3/c37-27-15-13-26(14-16-27)31-21-36-32(29(34-31)19-23-7-3-1-4-8-23)35-30(33(36)38)20-24-11-17-28(18-12-24)39-22-25-9-5-2-6-10-25/h1-18,21,30,37H,19-20,22H2/p+1. The van der Waals surface area contributed by atoms with Gasteiger partial charge in [0.1, 0.15) is 35.7 Å². The van der Waals surface area contributed by atoms with Gasteiger partial charge in [0.25, 0.3) is 0 Å². The average molecular weight is 515 g/mol. The molecule has 0 fully saturated rings. The number of nitrogens with zero attached hydrogens (tertiary/aromatic N) is 2. The van der Waals surface area contributed by atoms with Gasteiger partial charge >= 0.3 is 11.7 Å². The number of ether oxygens (including phenoxy) is 1. The van der Waals surface area contributed by atoms with Gasteiger partial charge in [0.2, 0.25) is 0 Å².